The first-order chi connectivity index (χ1) is 9.09. The van der Waals surface area contributed by atoms with Crippen molar-refractivity contribution in [1.82, 2.24) is 14.9 Å². The maximum absolute atomic E-state index is 13.7. The molecule has 1 atom stereocenters. The van der Waals surface area contributed by atoms with Gasteiger partial charge in [0.15, 0.2) is 0 Å². The minimum Gasteiger partial charge on any atom is -0.331 e. The molecular weight excluding hydrogens is 241 g/mol. The van der Waals surface area contributed by atoms with Crippen molar-refractivity contribution in [1.29, 1.82) is 0 Å². The molecule has 0 aliphatic heterocycles. The van der Waals surface area contributed by atoms with Gasteiger partial charge in [-0.2, -0.15) is 0 Å². The van der Waals surface area contributed by atoms with Crippen molar-refractivity contribution in [3.63, 3.8) is 0 Å². The van der Waals surface area contributed by atoms with E-state index in [0.717, 1.165) is 5.69 Å². The van der Waals surface area contributed by atoms with Gasteiger partial charge in [0.05, 0.1) is 12.0 Å². The topological polar surface area (TPSA) is 29.9 Å². The summed E-state index contributed by atoms with van der Waals surface area (Å²) < 4.78 is 15.8. The lowest BCUT2D eigenvalue weighted by Gasteiger charge is -2.17. The summed E-state index contributed by atoms with van der Waals surface area (Å²) in [6.45, 7) is 6.87. The fourth-order valence-corrected chi connectivity index (χ4v) is 2.13. The molecule has 19 heavy (non-hydrogen) atoms. The summed E-state index contributed by atoms with van der Waals surface area (Å²) in [4.78, 5) is 4.16. The lowest BCUT2D eigenvalue weighted by atomic mass is 10.1. The van der Waals surface area contributed by atoms with E-state index in [1.54, 1.807) is 6.07 Å². The number of aromatic nitrogens is 2. The number of benzene rings is 1. The van der Waals surface area contributed by atoms with Crippen molar-refractivity contribution in [2.75, 3.05) is 0 Å². The van der Waals surface area contributed by atoms with Crippen LogP contribution < -0.4 is 5.32 Å². The third-order valence-corrected chi connectivity index (χ3v) is 3.26. The molecule has 102 valence electrons. The zero-order valence-corrected chi connectivity index (χ0v) is 11.6. The summed E-state index contributed by atoms with van der Waals surface area (Å²) in [5, 5.41) is 3.34. The van der Waals surface area contributed by atoms with Crippen LogP contribution in [0, 0.1) is 5.82 Å². The van der Waals surface area contributed by atoms with Crippen LogP contribution in [-0.4, -0.2) is 9.55 Å². The van der Waals surface area contributed by atoms with Crippen LogP contribution in [0.2, 0.25) is 0 Å². The number of hydrogen-bond donors (Lipinski definition) is 1. The second-order valence-electron chi connectivity index (χ2n) is 5.01. The van der Waals surface area contributed by atoms with E-state index < -0.39 is 0 Å². The molecule has 0 unspecified atom stereocenters. The molecule has 3 nitrogen and oxygen atoms in total. The van der Waals surface area contributed by atoms with Gasteiger partial charge >= 0.3 is 0 Å². The van der Waals surface area contributed by atoms with Crippen molar-refractivity contribution < 1.29 is 4.39 Å². The lowest BCUT2D eigenvalue weighted by Crippen LogP contribution is -2.21. The monoisotopic (exact) mass is 261 g/mol. The summed E-state index contributed by atoms with van der Waals surface area (Å²) in [5.74, 6) is -0.167. The SMILES string of the molecule is CC(C)n1cncc1CN[C@H](C)c1ccccc1F. The smallest absolute Gasteiger partial charge is 0.127 e. The molecule has 0 amide bonds. The van der Waals surface area contributed by atoms with Crippen molar-refractivity contribution in [2.45, 2.75) is 39.4 Å². The zero-order valence-electron chi connectivity index (χ0n) is 11.6. The highest BCUT2D eigenvalue weighted by atomic mass is 19.1. The first kappa shape index (κ1) is 13.7. The van der Waals surface area contributed by atoms with Gasteiger partial charge in [-0.15, -0.1) is 0 Å². The van der Waals surface area contributed by atoms with Crippen LogP contribution in [0.4, 0.5) is 4.39 Å². The number of hydrogen-bond acceptors (Lipinski definition) is 2. The van der Waals surface area contributed by atoms with Crippen LogP contribution in [0.25, 0.3) is 0 Å². The molecule has 0 spiro atoms. The van der Waals surface area contributed by atoms with E-state index in [9.17, 15) is 4.39 Å². The molecule has 2 rings (SSSR count). The van der Waals surface area contributed by atoms with Gasteiger partial charge < -0.3 is 9.88 Å². The summed E-state index contributed by atoms with van der Waals surface area (Å²) in [7, 11) is 0. The third kappa shape index (κ3) is 3.20. The molecule has 2 aromatic rings. The van der Waals surface area contributed by atoms with Gasteiger partial charge in [-0.3, -0.25) is 0 Å². The van der Waals surface area contributed by atoms with Gasteiger partial charge in [0.1, 0.15) is 5.82 Å². The first-order valence-electron chi connectivity index (χ1n) is 6.58. The molecule has 1 N–H and O–H groups in total. The van der Waals surface area contributed by atoms with Gasteiger partial charge in [0.2, 0.25) is 0 Å². The van der Waals surface area contributed by atoms with Gasteiger partial charge in [-0.1, -0.05) is 18.2 Å². The summed E-state index contributed by atoms with van der Waals surface area (Å²) in [6.07, 6.45) is 3.68. The summed E-state index contributed by atoms with van der Waals surface area (Å²) >= 11 is 0. The number of nitrogens with one attached hydrogen (secondary N) is 1. The number of rotatable bonds is 5. The minimum atomic E-state index is -0.167. The molecule has 0 aliphatic carbocycles. The van der Waals surface area contributed by atoms with E-state index in [-0.39, 0.29) is 11.9 Å². The van der Waals surface area contributed by atoms with Crippen LogP contribution in [0.15, 0.2) is 36.8 Å². The molecule has 0 fully saturated rings. The van der Waals surface area contributed by atoms with Crippen molar-refractivity contribution in [3.8, 4) is 0 Å². The van der Waals surface area contributed by atoms with Gasteiger partial charge in [0, 0.05) is 30.4 Å². The Morgan fingerprint density at radius 1 is 1.26 bits per heavy atom. The Kier molecular flexibility index (Phi) is 4.32. The molecule has 1 aromatic carbocycles. The van der Waals surface area contributed by atoms with Gasteiger partial charge in [0.25, 0.3) is 0 Å². The van der Waals surface area contributed by atoms with Crippen molar-refractivity contribution in [3.05, 3.63) is 53.9 Å². The van der Waals surface area contributed by atoms with Gasteiger partial charge in [-0.05, 0) is 26.8 Å². The van der Waals surface area contributed by atoms with E-state index in [1.165, 1.54) is 6.07 Å². The number of nitrogens with zero attached hydrogens (tertiary/aromatic N) is 2. The van der Waals surface area contributed by atoms with Crippen molar-refractivity contribution >= 4 is 0 Å². The fraction of sp³-hybridized carbons (Fsp3) is 0.400. The standard InChI is InChI=1S/C15H20FN3/c1-11(2)19-10-17-8-13(19)9-18-12(3)14-6-4-5-7-15(14)16/h4-8,10-12,18H,9H2,1-3H3/t12-/m1/s1. The molecule has 0 aliphatic rings. The molecule has 4 heteroatoms. The molecule has 1 aromatic heterocycles. The Morgan fingerprint density at radius 3 is 2.68 bits per heavy atom. The maximum Gasteiger partial charge on any atom is 0.127 e. The molecule has 1 heterocycles. The Balaban J connectivity index is 2.03. The fourth-order valence-electron chi connectivity index (χ4n) is 2.13. The van der Waals surface area contributed by atoms with Crippen LogP contribution in [0.3, 0.4) is 0 Å². The highest BCUT2D eigenvalue weighted by molar-refractivity contribution is 5.20. The lowest BCUT2D eigenvalue weighted by molar-refractivity contribution is 0.500. The Labute approximate surface area is 113 Å². The van der Waals surface area contributed by atoms with E-state index >= 15 is 0 Å². The quantitative estimate of drug-likeness (QED) is 0.893. The van der Waals surface area contributed by atoms with Crippen LogP contribution in [-0.2, 0) is 6.54 Å². The van der Waals surface area contributed by atoms with E-state index in [2.05, 4.69) is 28.7 Å². The van der Waals surface area contributed by atoms with Crippen LogP contribution in [0.1, 0.15) is 44.1 Å². The molecule has 0 saturated carbocycles. The molecule has 0 saturated heterocycles. The number of halogens is 1. The Bertz CT molecular complexity index is 534. The van der Waals surface area contributed by atoms with Crippen LogP contribution in [0.5, 0.6) is 0 Å². The average molecular weight is 261 g/mol. The second kappa shape index (κ2) is 5.97. The highest BCUT2D eigenvalue weighted by Crippen LogP contribution is 2.17. The Hall–Kier alpha value is -1.68. The minimum absolute atomic E-state index is 0.0308. The van der Waals surface area contributed by atoms with E-state index in [1.807, 2.05) is 31.6 Å². The predicted molar refractivity (Wildman–Crippen MR) is 74.3 cm³/mol. The maximum atomic E-state index is 13.7. The van der Waals surface area contributed by atoms with E-state index in [4.69, 9.17) is 0 Å². The highest BCUT2D eigenvalue weighted by Gasteiger charge is 2.11. The normalized spacial score (nSPS) is 12.9. The Morgan fingerprint density at radius 2 is 2.00 bits per heavy atom. The average Bonchev–Trinajstić information content (AvgIpc) is 2.85. The summed E-state index contributed by atoms with van der Waals surface area (Å²) in [5.41, 5.74) is 1.80. The largest absolute Gasteiger partial charge is 0.331 e. The third-order valence-electron chi connectivity index (χ3n) is 3.26. The van der Waals surface area contributed by atoms with Gasteiger partial charge in [-0.25, -0.2) is 9.37 Å². The predicted octanol–water partition coefficient (Wildman–Crippen LogP) is 3.45. The molecule has 0 radical (unpaired) electrons. The second-order valence-corrected chi connectivity index (χ2v) is 5.01. The molecule has 0 bridgehead atoms. The summed E-state index contributed by atoms with van der Waals surface area (Å²) in [6, 6.07) is 7.22. The molecular formula is C15H20FN3. The number of imidazole rings is 1. The zero-order chi connectivity index (χ0) is 13.8. The van der Waals surface area contributed by atoms with E-state index in [0.29, 0.717) is 18.2 Å². The first-order valence-corrected chi connectivity index (χ1v) is 6.58. The van der Waals surface area contributed by atoms with Crippen LogP contribution >= 0.6 is 0 Å². The van der Waals surface area contributed by atoms with Crippen molar-refractivity contribution in [2.24, 2.45) is 0 Å².